The normalized spacial score (nSPS) is 17.6. The molecule has 3 nitrogen and oxygen atoms in total. The van der Waals surface area contributed by atoms with Crippen molar-refractivity contribution in [3.05, 3.63) is 22.4 Å². The number of hydrogen-bond acceptors (Lipinski definition) is 3. The zero-order valence-corrected chi connectivity index (χ0v) is 12.5. The van der Waals surface area contributed by atoms with Crippen molar-refractivity contribution in [1.29, 1.82) is 0 Å². The number of nitrogens with zero attached hydrogens (tertiary/aromatic N) is 1. The predicted octanol–water partition coefficient (Wildman–Crippen LogP) is 2.66. The van der Waals surface area contributed by atoms with E-state index in [1.54, 1.807) is 11.3 Å². The van der Waals surface area contributed by atoms with E-state index in [0.29, 0.717) is 6.54 Å². The summed E-state index contributed by atoms with van der Waals surface area (Å²) in [6, 6.07) is 4.20. The number of hydrogen-bond donors (Lipinski definition) is 1. The van der Waals surface area contributed by atoms with E-state index in [1.165, 1.54) is 4.88 Å². The Morgan fingerprint density at radius 1 is 1.47 bits per heavy atom. The van der Waals surface area contributed by atoms with Gasteiger partial charge in [0, 0.05) is 24.5 Å². The van der Waals surface area contributed by atoms with Crippen LogP contribution < -0.4 is 5.73 Å². The minimum Gasteiger partial charge on any atom is -0.342 e. The van der Waals surface area contributed by atoms with Gasteiger partial charge in [-0.25, -0.2) is 0 Å². The molecule has 1 fully saturated rings. The summed E-state index contributed by atoms with van der Waals surface area (Å²) in [6.07, 6.45) is 5.18. The van der Waals surface area contributed by atoms with Gasteiger partial charge in [0.2, 0.25) is 5.91 Å². The van der Waals surface area contributed by atoms with Crippen LogP contribution in [0.4, 0.5) is 0 Å². The molecule has 1 saturated carbocycles. The van der Waals surface area contributed by atoms with Crippen molar-refractivity contribution >= 4 is 17.2 Å². The highest BCUT2D eigenvalue weighted by molar-refractivity contribution is 7.09. The molecule has 0 radical (unpaired) electrons. The molecule has 0 spiro atoms. The van der Waals surface area contributed by atoms with Gasteiger partial charge < -0.3 is 10.6 Å². The third kappa shape index (κ3) is 3.18. The highest BCUT2D eigenvalue weighted by atomic mass is 32.1. The Bertz CT molecular complexity index is 396. The van der Waals surface area contributed by atoms with E-state index in [4.69, 9.17) is 5.73 Å². The SMILES string of the molecule is CCN(CCc1cccs1)C(=O)C1(CN)CCCC1. The first-order valence-electron chi connectivity index (χ1n) is 7.23. The Labute approximate surface area is 119 Å². The van der Waals surface area contributed by atoms with Crippen LogP contribution in [-0.4, -0.2) is 30.4 Å². The number of carbonyl (C=O) groups is 1. The number of thiophene rings is 1. The number of carbonyl (C=O) groups excluding carboxylic acids is 1. The first kappa shape index (κ1) is 14.5. The maximum atomic E-state index is 12.7. The van der Waals surface area contributed by atoms with Crippen molar-refractivity contribution in [1.82, 2.24) is 4.90 Å². The van der Waals surface area contributed by atoms with Crippen molar-refractivity contribution in [2.75, 3.05) is 19.6 Å². The lowest BCUT2D eigenvalue weighted by molar-refractivity contribution is -0.141. The molecule has 0 saturated heterocycles. The van der Waals surface area contributed by atoms with E-state index in [-0.39, 0.29) is 11.3 Å². The largest absolute Gasteiger partial charge is 0.342 e. The quantitative estimate of drug-likeness (QED) is 0.871. The molecule has 0 atom stereocenters. The zero-order chi connectivity index (χ0) is 13.7. The van der Waals surface area contributed by atoms with E-state index in [0.717, 1.165) is 45.2 Å². The van der Waals surface area contributed by atoms with Crippen molar-refractivity contribution in [2.45, 2.75) is 39.0 Å². The smallest absolute Gasteiger partial charge is 0.230 e. The van der Waals surface area contributed by atoms with Crippen LogP contribution in [0.3, 0.4) is 0 Å². The fourth-order valence-corrected chi connectivity index (χ4v) is 3.69. The number of amides is 1. The standard InChI is InChI=1S/C15H24N2OS/c1-2-17(10-7-13-6-5-11-19-13)14(18)15(12-16)8-3-4-9-15/h5-6,11H,2-4,7-10,12,16H2,1H3. The molecule has 1 aromatic rings. The second-order valence-corrected chi connectivity index (χ2v) is 6.44. The number of nitrogens with two attached hydrogens (primary N) is 1. The average molecular weight is 280 g/mol. The van der Waals surface area contributed by atoms with E-state index < -0.39 is 0 Å². The molecular weight excluding hydrogens is 256 g/mol. The first-order valence-corrected chi connectivity index (χ1v) is 8.11. The maximum absolute atomic E-state index is 12.7. The van der Waals surface area contributed by atoms with Gasteiger partial charge in [-0.15, -0.1) is 11.3 Å². The maximum Gasteiger partial charge on any atom is 0.230 e. The topological polar surface area (TPSA) is 46.3 Å². The summed E-state index contributed by atoms with van der Waals surface area (Å²) in [6.45, 7) is 4.16. The highest BCUT2D eigenvalue weighted by Gasteiger charge is 2.41. The molecular formula is C15H24N2OS. The predicted molar refractivity (Wildman–Crippen MR) is 80.2 cm³/mol. The summed E-state index contributed by atoms with van der Waals surface area (Å²) >= 11 is 1.76. The van der Waals surface area contributed by atoms with Gasteiger partial charge in [-0.05, 0) is 37.6 Å². The van der Waals surface area contributed by atoms with Gasteiger partial charge in [-0.2, -0.15) is 0 Å². The lowest BCUT2D eigenvalue weighted by Crippen LogP contribution is -2.47. The van der Waals surface area contributed by atoms with Crippen LogP contribution in [0.15, 0.2) is 17.5 Å². The van der Waals surface area contributed by atoms with Crippen LogP contribution in [0.5, 0.6) is 0 Å². The molecule has 2 rings (SSSR count). The molecule has 1 heterocycles. The molecule has 0 unspecified atom stereocenters. The van der Waals surface area contributed by atoms with E-state index in [2.05, 4.69) is 24.4 Å². The molecule has 4 heteroatoms. The molecule has 1 amide bonds. The van der Waals surface area contributed by atoms with E-state index >= 15 is 0 Å². The van der Waals surface area contributed by atoms with Crippen LogP contribution in [0.25, 0.3) is 0 Å². The third-order valence-corrected chi connectivity index (χ3v) is 5.22. The number of rotatable bonds is 6. The van der Waals surface area contributed by atoms with Crippen molar-refractivity contribution in [2.24, 2.45) is 11.1 Å². The molecule has 19 heavy (non-hydrogen) atoms. The monoisotopic (exact) mass is 280 g/mol. The number of likely N-dealkylation sites (N-methyl/N-ethyl adjacent to an activating group) is 1. The van der Waals surface area contributed by atoms with Crippen LogP contribution in [0.1, 0.15) is 37.5 Å². The Balaban J connectivity index is 1.98. The molecule has 1 aliphatic rings. The Morgan fingerprint density at radius 2 is 2.21 bits per heavy atom. The second kappa shape index (κ2) is 6.53. The summed E-state index contributed by atoms with van der Waals surface area (Å²) in [5.74, 6) is 0.284. The van der Waals surface area contributed by atoms with Gasteiger partial charge in [0.15, 0.2) is 0 Å². The Kier molecular flexibility index (Phi) is 4.99. The minimum absolute atomic E-state index is 0.258. The molecule has 1 aliphatic carbocycles. The van der Waals surface area contributed by atoms with E-state index in [1.807, 2.05) is 4.90 Å². The lowest BCUT2D eigenvalue weighted by atomic mass is 9.84. The fourth-order valence-electron chi connectivity index (χ4n) is 3.00. The molecule has 1 aromatic heterocycles. The van der Waals surface area contributed by atoms with Crippen LogP contribution in [0, 0.1) is 5.41 Å². The third-order valence-electron chi connectivity index (χ3n) is 4.28. The van der Waals surface area contributed by atoms with Gasteiger partial charge in [0.05, 0.1) is 5.41 Å². The van der Waals surface area contributed by atoms with Gasteiger partial charge in [0.1, 0.15) is 0 Å². The second-order valence-electron chi connectivity index (χ2n) is 5.41. The van der Waals surface area contributed by atoms with Crippen molar-refractivity contribution in [3.8, 4) is 0 Å². The van der Waals surface area contributed by atoms with Gasteiger partial charge >= 0.3 is 0 Å². The molecule has 0 aliphatic heterocycles. The van der Waals surface area contributed by atoms with E-state index in [9.17, 15) is 4.79 Å². The summed E-state index contributed by atoms with van der Waals surface area (Å²) in [5.41, 5.74) is 5.65. The lowest BCUT2D eigenvalue weighted by Gasteiger charge is -2.33. The van der Waals surface area contributed by atoms with Gasteiger partial charge in [-0.3, -0.25) is 4.79 Å². The summed E-state index contributed by atoms with van der Waals surface area (Å²) in [7, 11) is 0. The highest BCUT2D eigenvalue weighted by Crippen LogP contribution is 2.38. The minimum atomic E-state index is -0.258. The first-order chi connectivity index (χ1) is 9.22. The Morgan fingerprint density at radius 3 is 2.74 bits per heavy atom. The van der Waals surface area contributed by atoms with Crippen molar-refractivity contribution < 1.29 is 4.79 Å². The van der Waals surface area contributed by atoms with Gasteiger partial charge in [0.25, 0.3) is 0 Å². The summed E-state index contributed by atoms with van der Waals surface area (Å²) in [5, 5.41) is 2.09. The van der Waals surface area contributed by atoms with Crippen LogP contribution >= 0.6 is 11.3 Å². The molecule has 0 bridgehead atoms. The summed E-state index contributed by atoms with van der Waals surface area (Å²) < 4.78 is 0. The molecule has 106 valence electrons. The zero-order valence-electron chi connectivity index (χ0n) is 11.7. The molecule has 0 aromatic carbocycles. The van der Waals surface area contributed by atoms with Crippen LogP contribution in [0.2, 0.25) is 0 Å². The summed E-state index contributed by atoms with van der Waals surface area (Å²) in [4.78, 5) is 16.1. The van der Waals surface area contributed by atoms with Crippen molar-refractivity contribution in [3.63, 3.8) is 0 Å². The fraction of sp³-hybridized carbons (Fsp3) is 0.667. The molecule has 2 N–H and O–H groups in total. The van der Waals surface area contributed by atoms with Gasteiger partial charge in [-0.1, -0.05) is 18.9 Å². The van der Waals surface area contributed by atoms with Crippen LogP contribution in [-0.2, 0) is 11.2 Å². The average Bonchev–Trinajstić information content (AvgIpc) is 3.11. The Hall–Kier alpha value is -0.870.